The van der Waals surface area contributed by atoms with Crippen LogP contribution >= 0.6 is 0 Å². The largest absolute Gasteiger partial charge is 0.336 e. The quantitative estimate of drug-likeness (QED) is 0.608. The summed E-state index contributed by atoms with van der Waals surface area (Å²) in [4.78, 5) is 13.5. The molecule has 0 aromatic rings. The minimum absolute atomic E-state index is 0.0891. The van der Waals surface area contributed by atoms with Gasteiger partial charge < -0.3 is 15.5 Å². The Labute approximate surface area is 78.7 Å². The van der Waals surface area contributed by atoms with Gasteiger partial charge in [0.1, 0.15) is 0 Å². The van der Waals surface area contributed by atoms with E-state index in [1.807, 2.05) is 4.90 Å². The number of hydrogen-bond donors (Lipinski definition) is 2. The van der Waals surface area contributed by atoms with E-state index >= 15 is 0 Å². The third-order valence-electron chi connectivity index (χ3n) is 3.19. The van der Waals surface area contributed by atoms with Gasteiger partial charge in [-0.3, -0.25) is 0 Å². The van der Waals surface area contributed by atoms with Crippen molar-refractivity contribution in [2.75, 3.05) is 26.2 Å². The summed E-state index contributed by atoms with van der Waals surface area (Å²) < 4.78 is 0. The van der Waals surface area contributed by atoms with E-state index in [4.69, 9.17) is 0 Å². The Kier molecular flexibility index (Phi) is 2.15. The topological polar surface area (TPSA) is 44.4 Å². The predicted octanol–water partition coefficient (Wildman–Crippen LogP) is 0.154. The maximum absolute atomic E-state index is 11.5. The maximum atomic E-state index is 11.5. The van der Waals surface area contributed by atoms with Crippen LogP contribution in [0.2, 0.25) is 0 Å². The Morgan fingerprint density at radius 1 is 1.31 bits per heavy atom. The van der Waals surface area contributed by atoms with Crippen molar-refractivity contribution in [1.82, 2.24) is 15.5 Å². The second kappa shape index (κ2) is 3.18. The number of rotatable bonds is 1. The van der Waals surface area contributed by atoms with Gasteiger partial charge in [0.15, 0.2) is 0 Å². The maximum Gasteiger partial charge on any atom is 0.317 e. The van der Waals surface area contributed by atoms with E-state index in [0.29, 0.717) is 0 Å². The number of piperidine rings is 1. The Morgan fingerprint density at radius 3 is 2.54 bits per heavy atom. The molecule has 2 fully saturated rings. The predicted molar refractivity (Wildman–Crippen MR) is 50.6 cm³/mol. The number of nitrogens with zero attached hydrogens (tertiary/aromatic N) is 1. The first-order valence-electron chi connectivity index (χ1n) is 4.99. The third-order valence-corrected chi connectivity index (χ3v) is 3.19. The zero-order chi connectivity index (χ0) is 9.31. The second-order valence-corrected chi connectivity index (χ2v) is 4.13. The fraction of sp³-hybridized carbons (Fsp3) is 0.889. The van der Waals surface area contributed by atoms with Crippen molar-refractivity contribution in [3.05, 3.63) is 0 Å². The van der Waals surface area contributed by atoms with Crippen LogP contribution in [-0.2, 0) is 0 Å². The minimum atomic E-state index is 0.0891. The summed E-state index contributed by atoms with van der Waals surface area (Å²) in [6.07, 6.45) is 2.14. The van der Waals surface area contributed by atoms with Crippen molar-refractivity contribution in [1.29, 1.82) is 0 Å². The summed E-state index contributed by atoms with van der Waals surface area (Å²) in [6, 6.07) is 0.115. The zero-order valence-electron chi connectivity index (χ0n) is 8.10. The van der Waals surface area contributed by atoms with Crippen LogP contribution in [0.1, 0.15) is 19.8 Å². The molecule has 2 aliphatic heterocycles. The normalized spacial score (nSPS) is 27.5. The molecule has 0 atom stereocenters. The number of urea groups is 1. The average molecular weight is 183 g/mol. The van der Waals surface area contributed by atoms with Gasteiger partial charge in [0.2, 0.25) is 0 Å². The van der Waals surface area contributed by atoms with Crippen LogP contribution < -0.4 is 10.6 Å². The molecule has 0 radical (unpaired) electrons. The van der Waals surface area contributed by atoms with Crippen molar-refractivity contribution >= 4 is 6.03 Å². The smallest absolute Gasteiger partial charge is 0.317 e. The molecule has 4 nitrogen and oxygen atoms in total. The van der Waals surface area contributed by atoms with Gasteiger partial charge in [-0.25, -0.2) is 4.79 Å². The van der Waals surface area contributed by atoms with E-state index in [1.54, 1.807) is 0 Å². The van der Waals surface area contributed by atoms with Crippen LogP contribution in [0.15, 0.2) is 0 Å². The molecule has 13 heavy (non-hydrogen) atoms. The van der Waals surface area contributed by atoms with Crippen LogP contribution in [0.3, 0.4) is 0 Å². The van der Waals surface area contributed by atoms with Crippen LogP contribution in [-0.4, -0.2) is 42.6 Å². The van der Waals surface area contributed by atoms with Crippen molar-refractivity contribution in [3.8, 4) is 0 Å². The standard InChI is InChI=1S/C9H17N3O/c1-9(2-4-10-5-3-9)12-7-6-11-8(12)13/h10H,2-7H2,1H3,(H,11,13). The first-order chi connectivity index (χ1) is 6.22. The highest BCUT2D eigenvalue weighted by atomic mass is 16.2. The summed E-state index contributed by atoms with van der Waals surface area (Å²) in [6.45, 7) is 5.93. The average Bonchev–Trinajstić information content (AvgIpc) is 2.53. The fourth-order valence-electron chi connectivity index (χ4n) is 2.22. The minimum Gasteiger partial charge on any atom is -0.336 e. The van der Waals surface area contributed by atoms with Gasteiger partial charge >= 0.3 is 6.03 Å². The summed E-state index contributed by atoms with van der Waals surface area (Å²) in [5.41, 5.74) is 0.0891. The highest BCUT2D eigenvalue weighted by Gasteiger charge is 2.38. The molecule has 2 rings (SSSR count). The summed E-state index contributed by atoms with van der Waals surface area (Å²) >= 11 is 0. The van der Waals surface area contributed by atoms with Crippen LogP contribution in [0.5, 0.6) is 0 Å². The van der Waals surface area contributed by atoms with Gasteiger partial charge in [-0.15, -0.1) is 0 Å². The lowest BCUT2D eigenvalue weighted by Crippen LogP contribution is -2.53. The molecule has 0 spiro atoms. The molecule has 2 amide bonds. The first kappa shape index (κ1) is 8.81. The Hall–Kier alpha value is -0.770. The number of carbonyl (C=O) groups is 1. The van der Waals surface area contributed by atoms with Crippen molar-refractivity contribution in [3.63, 3.8) is 0 Å². The van der Waals surface area contributed by atoms with E-state index < -0.39 is 0 Å². The number of carbonyl (C=O) groups excluding carboxylic acids is 1. The molecule has 4 heteroatoms. The highest BCUT2D eigenvalue weighted by Crippen LogP contribution is 2.26. The van der Waals surface area contributed by atoms with Gasteiger partial charge in [-0.2, -0.15) is 0 Å². The van der Waals surface area contributed by atoms with Crippen molar-refractivity contribution in [2.24, 2.45) is 0 Å². The van der Waals surface area contributed by atoms with Crippen molar-refractivity contribution < 1.29 is 4.79 Å². The van der Waals surface area contributed by atoms with Gasteiger partial charge in [0, 0.05) is 18.6 Å². The summed E-state index contributed by atoms with van der Waals surface area (Å²) in [5.74, 6) is 0. The molecule has 2 N–H and O–H groups in total. The van der Waals surface area contributed by atoms with E-state index in [-0.39, 0.29) is 11.6 Å². The Morgan fingerprint density at radius 2 is 2.00 bits per heavy atom. The lowest BCUT2D eigenvalue weighted by atomic mass is 9.89. The van der Waals surface area contributed by atoms with Gasteiger partial charge in [0.25, 0.3) is 0 Å². The molecule has 0 aromatic heterocycles. The van der Waals surface area contributed by atoms with E-state index in [2.05, 4.69) is 17.6 Å². The SMILES string of the molecule is CC1(N2CCNC2=O)CCNCC1. The molecule has 0 unspecified atom stereocenters. The molecule has 2 aliphatic rings. The van der Waals surface area contributed by atoms with E-state index in [0.717, 1.165) is 39.0 Å². The number of nitrogens with one attached hydrogen (secondary N) is 2. The van der Waals surface area contributed by atoms with Crippen molar-refractivity contribution in [2.45, 2.75) is 25.3 Å². The molecule has 0 bridgehead atoms. The van der Waals surface area contributed by atoms with E-state index in [9.17, 15) is 4.79 Å². The number of hydrogen-bond acceptors (Lipinski definition) is 2. The molecule has 0 aliphatic carbocycles. The monoisotopic (exact) mass is 183 g/mol. The molecule has 0 aromatic carbocycles. The Balaban J connectivity index is 2.07. The highest BCUT2D eigenvalue weighted by molar-refractivity contribution is 5.77. The lowest BCUT2D eigenvalue weighted by Gasteiger charge is -2.41. The summed E-state index contributed by atoms with van der Waals surface area (Å²) in [7, 11) is 0. The zero-order valence-corrected chi connectivity index (χ0v) is 8.10. The third kappa shape index (κ3) is 1.50. The van der Waals surface area contributed by atoms with E-state index in [1.165, 1.54) is 0 Å². The first-order valence-corrected chi connectivity index (χ1v) is 4.99. The second-order valence-electron chi connectivity index (χ2n) is 4.13. The molecular weight excluding hydrogens is 166 g/mol. The molecule has 2 heterocycles. The lowest BCUT2D eigenvalue weighted by molar-refractivity contribution is 0.119. The van der Waals surface area contributed by atoms with Gasteiger partial charge in [-0.05, 0) is 32.9 Å². The summed E-state index contributed by atoms with van der Waals surface area (Å²) in [5, 5.41) is 6.18. The van der Waals surface area contributed by atoms with Crippen LogP contribution in [0.4, 0.5) is 4.79 Å². The van der Waals surface area contributed by atoms with Crippen LogP contribution in [0, 0.1) is 0 Å². The Bertz CT molecular complexity index is 211. The van der Waals surface area contributed by atoms with Gasteiger partial charge in [0.05, 0.1) is 0 Å². The molecule has 74 valence electrons. The van der Waals surface area contributed by atoms with Crippen LogP contribution in [0.25, 0.3) is 0 Å². The molecule has 0 saturated carbocycles. The van der Waals surface area contributed by atoms with Gasteiger partial charge in [-0.1, -0.05) is 0 Å². The molecule has 2 saturated heterocycles. The number of amides is 2. The fourth-order valence-corrected chi connectivity index (χ4v) is 2.22. The molecular formula is C9H17N3O.